The zero-order valence-corrected chi connectivity index (χ0v) is 13.2. The zero-order chi connectivity index (χ0) is 15.4. The van der Waals surface area contributed by atoms with Crippen LogP contribution in [0.3, 0.4) is 0 Å². The van der Waals surface area contributed by atoms with Gasteiger partial charge in [-0.05, 0) is 53.9 Å². The summed E-state index contributed by atoms with van der Waals surface area (Å²) in [6.07, 6.45) is 2.51. The number of carbonyl (C=O) groups excluding carboxylic acids is 1. The van der Waals surface area contributed by atoms with E-state index in [1.165, 1.54) is 0 Å². The largest absolute Gasteiger partial charge is 0.444 e. The van der Waals surface area contributed by atoms with Crippen molar-refractivity contribution in [1.29, 1.82) is 5.26 Å². The third kappa shape index (κ3) is 6.25. The number of nitrogens with one attached hydrogen (secondary N) is 2. The van der Waals surface area contributed by atoms with Crippen molar-refractivity contribution < 1.29 is 9.53 Å². The number of hydrogen-bond donors (Lipinski definition) is 2. The van der Waals surface area contributed by atoms with E-state index >= 15 is 0 Å². The summed E-state index contributed by atoms with van der Waals surface area (Å²) in [7, 11) is 0. The molecule has 1 aliphatic carbocycles. The van der Waals surface area contributed by atoms with Crippen LogP contribution in [-0.2, 0) is 4.74 Å². The summed E-state index contributed by atoms with van der Waals surface area (Å²) in [5, 5.41) is 15.3. The minimum atomic E-state index is -0.461. The fraction of sp³-hybridized carbons (Fsp3) is 0.867. The molecule has 0 spiro atoms. The molecule has 1 saturated carbocycles. The molecule has 5 heteroatoms. The average Bonchev–Trinajstić information content (AvgIpc) is 2.71. The number of amides is 1. The molecule has 0 saturated heterocycles. The molecule has 1 rings (SSSR count). The van der Waals surface area contributed by atoms with E-state index in [0.717, 1.165) is 19.3 Å². The second-order valence-electron chi connectivity index (χ2n) is 7.23. The summed E-state index contributed by atoms with van der Waals surface area (Å²) >= 11 is 0. The summed E-state index contributed by atoms with van der Waals surface area (Å²) in [5.41, 5.74) is -0.812. The highest BCUT2D eigenvalue weighted by Gasteiger charge is 2.28. The van der Waals surface area contributed by atoms with E-state index in [9.17, 15) is 4.79 Å². The van der Waals surface area contributed by atoms with Gasteiger partial charge in [0.1, 0.15) is 5.60 Å². The van der Waals surface area contributed by atoms with E-state index in [1.54, 1.807) is 0 Å². The van der Waals surface area contributed by atoms with Crippen LogP contribution < -0.4 is 10.6 Å². The number of rotatable bonds is 4. The van der Waals surface area contributed by atoms with Crippen LogP contribution in [0.4, 0.5) is 4.79 Å². The molecule has 20 heavy (non-hydrogen) atoms. The molecule has 0 aromatic carbocycles. The Hall–Kier alpha value is -1.28. The fourth-order valence-electron chi connectivity index (χ4n) is 2.21. The van der Waals surface area contributed by atoms with Crippen LogP contribution in [0.2, 0.25) is 0 Å². The topological polar surface area (TPSA) is 74.2 Å². The van der Waals surface area contributed by atoms with Gasteiger partial charge in [0.15, 0.2) is 0 Å². The first-order valence-electron chi connectivity index (χ1n) is 7.25. The van der Waals surface area contributed by atoms with E-state index in [-0.39, 0.29) is 17.6 Å². The molecule has 0 aromatic rings. The molecule has 1 fully saturated rings. The minimum Gasteiger partial charge on any atom is -0.444 e. The first kappa shape index (κ1) is 16.8. The summed E-state index contributed by atoms with van der Waals surface area (Å²) in [6.45, 7) is 10.1. The maximum absolute atomic E-state index is 11.7. The van der Waals surface area contributed by atoms with E-state index in [4.69, 9.17) is 10.00 Å². The number of ether oxygens (including phenoxy) is 1. The van der Waals surface area contributed by atoms with Gasteiger partial charge in [-0.15, -0.1) is 0 Å². The highest BCUT2D eigenvalue weighted by molar-refractivity contribution is 5.68. The van der Waals surface area contributed by atoms with E-state index in [1.807, 2.05) is 34.6 Å². The summed E-state index contributed by atoms with van der Waals surface area (Å²) in [5.74, 6) is 0. The van der Waals surface area contributed by atoms with Crippen molar-refractivity contribution in [2.75, 3.05) is 6.54 Å². The zero-order valence-electron chi connectivity index (χ0n) is 13.2. The van der Waals surface area contributed by atoms with Crippen LogP contribution in [-0.4, -0.2) is 30.3 Å². The van der Waals surface area contributed by atoms with Crippen molar-refractivity contribution in [2.45, 2.75) is 71.6 Å². The summed E-state index contributed by atoms with van der Waals surface area (Å²) in [4.78, 5) is 11.7. The monoisotopic (exact) mass is 281 g/mol. The van der Waals surface area contributed by atoms with Crippen LogP contribution in [0.1, 0.15) is 53.9 Å². The lowest BCUT2D eigenvalue weighted by atomic mass is 9.95. The molecule has 2 atom stereocenters. The smallest absolute Gasteiger partial charge is 0.407 e. The van der Waals surface area contributed by atoms with Crippen LogP contribution in [0.5, 0.6) is 0 Å². The highest BCUT2D eigenvalue weighted by Crippen LogP contribution is 2.21. The molecule has 0 bridgehead atoms. The predicted octanol–water partition coefficient (Wildman–Crippen LogP) is 2.57. The Morgan fingerprint density at radius 3 is 2.40 bits per heavy atom. The highest BCUT2D eigenvalue weighted by atomic mass is 16.6. The Kier molecular flexibility index (Phi) is 5.41. The second kappa shape index (κ2) is 6.45. The molecule has 2 N–H and O–H groups in total. The van der Waals surface area contributed by atoms with Gasteiger partial charge in [-0.1, -0.05) is 0 Å². The lowest BCUT2D eigenvalue weighted by Gasteiger charge is -2.22. The lowest BCUT2D eigenvalue weighted by Crippen LogP contribution is -2.40. The van der Waals surface area contributed by atoms with Crippen LogP contribution in [0.15, 0.2) is 0 Å². The Morgan fingerprint density at radius 1 is 1.25 bits per heavy atom. The Morgan fingerprint density at radius 2 is 1.85 bits per heavy atom. The van der Waals surface area contributed by atoms with Crippen molar-refractivity contribution >= 4 is 6.09 Å². The molecule has 114 valence electrons. The number of nitrogens with zero attached hydrogens (tertiary/aromatic N) is 1. The third-order valence-corrected chi connectivity index (χ3v) is 3.29. The maximum Gasteiger partial charge on any atom is 0.407 e. The number of nitriles is 1. The Bertz CT molecular complexity index is 380. The van der Waals surface area contributed by atoms with Gasteiger partial charge in [0.25, 0.3) is 0 Å². The molecule has 0 aromatic heterocycles. The van der Waals surface area contributed by atoms with Gasteiger partial charge in [0.05, 0.1) is 11.5 Å². The van der Waals surface area contributed by atoms with E-state index in [2.05, 4.69) is 16.7 Å². The van der Waals surface area contributed by atoms with Crippen molar-refractivity contribution in [3.05, 3.63) is 0 Å². The summed E-state index contributed by atoms with van der Waals surface area (Å²) in [6, 6.07) is 2.81. The first-order valence-corrected chi connectivity index (χ1v) is 7.25. The molecule has 5 nitrogen and oxygen atoms in total. The summed E-state index contributed by atoms with van der Waals surface area (Å²) < 4.78 is 5.25. The fourth-order valence-corrected chi connectivity index (χ4v) is 2.21. The second-order valence-corrected chi connectivity index (χ2v) is 7.23. The van der Waals surface area contributed by atoms with Gasteiger partial charge in [0.2, 0.25) is 0 Å². The molecular weight excluding hydrogens is 254 g/mol. The molecule has 1 aliphatic rings. The predicted molar refractivity (Wildman–Crippen MR) is 78.2 cm³/mol. The maximum atomic E-state index is 11.7. The number of carbonyl (C=O) groups is 1. The minimum absolute atomic E-state index is 0.160. The SMILES string of the molecule is CC(C)(C#N)CNC1CCC(NC(=O)OC(C)(C)C)C1. The van der Waals surface area contributed by atoms with Crippen molar-refractivity contribution in [1.82, 2.24) is 10.6 Å². The standard InChI is InChI=1S/C15H27N3O2/c1-14(2,3)20-13(19)18-12-7-6-11(8-12)17-10-15(4,5)9-16/h11-12,17H,6-8,10H2,1-5H3,(H,18,19). The van der Waals surface area contributed by atoms with Crippen LogP contribution in [0.25, 0.3) is 0 Å². The molecule has 0 aliphatic heterocycles. The van der Waals surface area contributed by atoms with Gasteiger partial charge in [-0.2, -0.15) is 5.26 Å². The normalized spacial score (nSPS) is 23.2. The van der Waals surface area contributed by atoms with Crippen LogP contribution in [0, 0.1) is 16.7 Å². The van der Waals surface area contributed by atoms with Gasteiger partial charge >= 0.3 is 6.09 Å². The van der Waals surface area contributed by atoms with Crippen LogP contribution >= 0.6 is 0 Å². The van der Waals surface area contributed by atoms with Gasteiger partial charge < -0.3 is 15.4 Å². The Labute approximate surface area is 122 Å². The first-order chi connectivity index (χ1) is 9.11. The van der Waals surface area contributed by atoms with E-state index < -0.39 is 5.60 Å². The quantitative estimate of drug-likeness (QED) is 0.830. The van der Waals surface area contributed by atoms with Gasteiger partial charge in [-0.25, -0.2) is 4.79 Å². The molecule has 0 heterocycles. The molecule has 2 unspecified atom stereocenters. The van der Waals surface area contributed by atoms with Crippen molar-refractivity contribution in [3.63, 3.8) is 0 Å². The number of alkyl carbamates (subject to hydrolysis) is 1. The van der Waals surface area contributed by atoms with Crippen molar-refractivity contribution in [3.8, 4) is 6.07 Å². The molecule has 0 radical (unpaired) electrons. The lowest BCUT2D eigenvalue weighted by molar-refractivity contribution is 0.0505. The average molecular weight is 281 g/mol. The molecular formula is C15H27N3O2. The van der Waals surface area contributed by atoms with Gasteiger partial charge in [-0.3, -0.25) is 0 Å². The van der Waals surface area contributed by atoms with Crippen molar-refractivity contribution in [2.24, 2.45) is 5.41 Å². The molecule has 1 amide bonds. The number of hydrogen-bond acceptors (Lipinski definition) is 4. The van der Waals surface area contributed by atoms with E-state index in [0.29, 0.717) is 12.6 Å². The van der Waals surface area contributed by atoms with Gasteiger partial charge in [0, 0.05) is 18.6 Å². The third-order valence-electron chi connectivity index (χ3n) is 3.29. The Balaban J connectivity index is 2.30.